The van der Waals surface area contributed by atoms with Crippen LogP contribution in [-0.4, -0.2) is 30.6 Å². The Bertz CT molecular complexity index is 757. The van der Waals surface area contributed by atoms with E-state index in [1.165, 1.54) is 11.8 Å². The number of rotatable bonds is 10. The number of anilines is 1. The fourth-order valence-corrected chi connectivity index (χ4v) is 2.65. The lowest BCUT2D eigenvalue weighted by molar-refractivity contribution is -0.113. The molecule has 0 spiro atoms. The third kappa shape index (κ3) is 6.71. The number of halogens is 3. The zero-order valence-corrected chi connectivity index (χ0v) is 15.6. The molecular formula is C19H20F3NO3S. The van der Waals surface area contributed by atoms with Gasteiger partial charge in [0.2, 0.25) is 5.91 Å². The van der Waals surface area contributed by atoms with E-state index in [0.29, 0.717) is 24.7 Å². The van der Waals surface area contributed by atoms with Gasteiger partial charge in [-0.25, -0.2) is 13.2 Å². The Morgan fingerprint density at radius 1 is 0.963 bits per heavy atom. The third-order valence-corrected chi connectivity index (χ3v) is 4.26. The quantitative estimate of drug-likeness (QED) is 0.467. The zero-order chi connectivity index (χ0) is 19.6. The summed E-state index contributed by atoms with van der Waals surface area (Å²) >= 11 is 1.28. The topological polar surface area (TPSA) is 47.6 Å². The highest BCUT2D eigenvalue weighted by Gasteiger charge is 2.15. The van der Waals surface area contributed by atoms with Gasteiger partial charge in [0.05, 0.1) is 24.7 Å². The summed E-state index contributed by atoms with van der Waals surface area (Å²) in [7, 11) is 0. The lowest BCUT2D eigenvalue weighted by Gasteiger charge is -2.09. The molecule has 0 aliphatic rings. The van der Waals surface area contributed by atoms with Crippen LogP contribution < -0.4 is 14.8 Å². The summed E-state index contributed by atoms with van der Waals surface area (Å²) in [5, 5.41) is 2.21. The molecule has 0 saturated carbocycles. The van der Waals surface area contributed by atoms with Crippen molar-refractivity contribution in [3.8, 4) is 11.5 Å². The maximum Gasteiger partial charge on any atom is 0.234 e. The van der Waals surface area contributed by atoms with Gasteiger partial charge in [-0.15, -0.1) is 11.8 Å². The molecule has 0 aliphatic carbocycles. The van der Waals surface area contributed by atoms with Crippen molar-refractivity contribution in [2.45, 2.75) is 13.3 Å². The van der Waals surface area contributed by atoms with Gasteiger partial charge in [-0.1, -0.05) is 6.92 Å². The van der Waals surface area contributed by atoms with Crippen molar-refractivity contribution in [1.82, 2.24) is 0 Å². The fourth-order valence-electron chi connectivity index (χ4n) is 2.04. The van der Waals surface area contributed by atoms with E-state index in [4.69, 9.17) is 9.47 Å². The van der Waals surface area contributed by atoms with Gasteiger partial charge in [-0.2, -0.15) is 0 Å². The molecule has 0 heterocycles. The summed E-state index contributed by atoms with van der Waals surface area (Å²) in [6.45, 7) is 3.07. The highest BCUT2D eigenvalue weighted by Crippen LogP contribution is 2.20. The first-order valence-electron chi connectivity index (χ1n) is 8.38. The smallest absolute Gasteiger partial charge is 0.234 e. The predicted octanol–water partition coefficient (Wildman–Crippen LogP) is 4.64. The van der Waals surface area contributed by atoms with Crippen LogP contribution in [0.3, 0.4) is 0 Å². The highest BCUT2D eigenvalue weighted by atomic mass is 32.2. The van der Waals surface area contributed by atoms with Gasteiger partial charge in [-0.05, 0) is 42.8 Å². The molecule has 0 bridgehead atoms. The molecule has 0 saturated heterocycles. The second-order valence-electron chi connectivity index (χ2n) is 5.49. The van der Waals surface area contributed by atoms with Crippen molar-refractivity contribution in [3.63, 3.8) is 0 Å². The Kier molecular flexibility index (Phi) is 8.32. The summed E-state index contributed by atoms with van der Waals surface area (Å²) in [4.78, 5) is 11.7. The normalized spacial score (nSPS) is 10.5. The monoisotopic (exact) mass is 399 g/mol. The van der Waals surface area contributed by atoms with E-state index in [2.05, 4.69) is 5.32 Å². The van der Waals surface area contributed by atoms with E-state index in [0.717, 1.165) is 24.3 Å². The SMILES string of the molecule is CCCOc1ccc(OCCSCC(=O)Nc2ccc(F)c(F)c2F)cc1. The van der Waals surface area contributed by atoms with Gasteiger partial charge in [0, 0.05) is 5.75 Å². The first-order valence-corrected chi connectivity index (χ1v) is 9.53. The summed E-state index contributed by atoms with van der Waals surface area (Å²) in [5.74, 6) is -2.81. The van der Waals surface area contributed by atoms with Crippen LogP contribution in [0.1, 0.15) is 13.3 Å². The molecule has 2 aromatic rings. The van der Waals surface area contributed by atoms with E-state index in [1.54, 1.807) is 12.1 Å². The number of carbonyl (C=O) groups excluding carboxylic acids is 1. The van der Waals surface area contributed by atoms with Gasteiger partial charge in [0.15, 0.2) is 17.5 Å². The maximum absolute atomic E-state index is 13.5. The molecule has 0 radical (unpaired) electrons. The van der Waals surface area contributed by atoms with Gasteiger partial charge < -0.3 is 14.8 Å². The summed E-state index contributed by atoms with van der Waals surface area (Å²) in [5.41, 5.74) is -0.388. The first-order chi connectivity index (χ1) is 13.0. The Morgan fingerprint density at radius 2 is 1.59 bits per heavy atom. The minimum atomic E-state index is -1.61. The molecule has 1 N–H and O–H groups in total. The van der Waals surface area contributed by atoms with Gasteiger partial charge in [0.1, 0.15) is 11.5 Å². The van der Waals surface area contributed by atoms with E-state index in [1.807, 2.05) is 19.1 Å². The van der Waals surface area contributed by atoms with E-state index in [9.17, 15) is 18.0 Å². The number of amides is 1. The Balaban J connectivity index is 1.66. The fraction of sp³-hybridized carbons (Fsp3) is 0.316. The molecule has 0 fully saturated rings. The third-order valence-electron chi connectivity index (χ3n) is 3.34. The van der Waals surface area contributed by atoms with E-state index >= 15 is 0 Å². The number of nitrogens with one attached hydrogen (secondary N) is 1. The molecule has 0 aliphatic heterocycles. The van der Waals surface area contributed by atoms with Crippen LogP contribution in [0.2, 0.25) is 0 Å². The van der Waals surface area contributed by atoms with Crippen LogP contribution in [0.5, 0.6) is 11.5 Å². The summed E-state index contributed by atoms with van der Waals surface area (Å²) in [6, 6.07) is 8.98. The van der Waals surface area contributed by atoms with Crippen LogP contribution in [0.4, 0.5) is 18.9 Å². The second-order valence-corrected chi connectivity index (χ2v) is 6.60. The van der Waals surface area contributed by atoms with Crippen LogP contribution in [0.25, 0.3) is 0 Å². The molecular weight excluding hydrogens is 379 g/mol. The van der Waals surface area contributed by atoms with Crippen LogP contribution in [0, 0.1) is 17.5 Å². The molecule has 0 unspecified atom stereocenters. The molecule has 0 aromatic heterocycles. The predicted molar refractivity (Wildman–Crippen MR) is 100.0 cm³/mol. The molecule has 2 rings (SSSR count). The van der Waals surface area contributed by atoms with Crippen molar-refractivity contribution in [1.29, 1.82) is 0 Å². The number of carbonyl (C=O) groups is 1. The highest BCUT2D eigenvalue weighted by molar-refractivity contribution is 7.99. The number of thioether (sulfide) groups is 1. The van der Waals surface area contributed by atoms with Crippen LogP contribution in [-0.2, 0) is 4.79 Å². The Hall–Kier alpha value is -2.35. The summed E-state index contributed by atoms with van der Waals surface area (Å²) < 4.78 is 50.5. The molecule has 2 aromatic carbocycles. The zero-order valence-electron chi connectivity index (χ0n) is 14.8. The first kappa shape index (κ1) is 21.0. The van der Waals surface area contributed by atoms with E-state index < -0.39 is 23.4 Å². The standard InChI is InChI=1S/C19H20F3NO3S/c1-2-9-25-13-3-5-14(6-4-13)26-10-11-27-12-17(24)23-16-8-7-15(20)18(21)19(16)22/h3-8H,2,9-12H2,1H3,(H,23,24). The average molecular weight is 399 g/mol. The van der Waals surface area contributed by atoms with Crippen molar-refractivity contribution in [2.24, 2.45) is 0 Å². The Morgan fingerprint density at radius 3 is 2.22 bits per heavy atom. The maximum atomic E-state index is 13.5. The number of benzene rings is 2. The average Bonchev–Trinajstić information content (AvgIpc) is 2.67. The van der Waals surface area contributed by atoms with Gasteiger partial charge in [0.25, 0.3) is 0 Å². The van der Waals surface area contributed by atoms with E-state index in [-0.39, 0.29) is 11.4 Å². The molecule has 8 heteroatoms. The molecule has 1 amide bonds. The molecule has 4 nitrogen and oxygen atoms in total. The lowest BCUT2D eigenvalue weighted by Crippen LogP contribution is -2.16. The molecule has 27 heavy (non-hydrogen) atoms. The van der Waals surface area contributed by atoms with Gasteiger partial charge >= 0.3 is 0 Å². The van der Waals surface area contributed by atoms with Crippen LogP contribution in [0.15, 0.2) is 36.4 Å². The largest absolute Gasteiger partial charge is 0.494 e. The molecule has 146 valence electrons. The van der Waals surface area contributed by atoms with Crippen molar-refractivity contribution >= 4 is 23.4 Å². The van der Waals surface area contributed by atoms with Crippen molar-refractivity contribution in [3.05, 3.63) is 53.8 Å². The number of hydrogen-bond donors (Lipinski definition) is 1. The molecule has 0 atom stereocenters. The number of ether oxygens (including phenoxy) is 2. The van der Waals surface area contributed by atoms with Crippen molar-refractivity contribution < 1.29 is 27.4 Å². The summed E-state index contributed by atoms with van der Waals surface area (Å²) in [6.07, 6.45) is 0.936. The Labute approximate surface area is 160 Å². The lowest BCUT2D eigenvalue weighted by atomic mass is 10.3. The minimum Gasteiger partial charge on any atom is -0.494 e. The second kappa shape index (κ2) is 10.7. The van der Waals surface area contributed by atoms with Crippen LogP contribution >= 0.6 is 11.8 Å². The van der Waals surface area contributed by atoms with Crippen molar-refractivity contribution in [2.75, 3.05) is 30.0 Å². The van der Waals surface area contributed by atoms with Gasteiger partial charge in [-0.3, -0.25) is 4.79 Å². The minimum absolute atomic E-state index is 0.0333. The number of hydrogen-bond acceptors (Lipinski definition) is 4.